The van der Waals surface area contributed by atoms with Gasteiger partial charge in [0.05, 0.1) is 18.7 Å². The monoisotopic (exact) mass is 291 g/mol. The zero-order valence-corrected chi connectivity index (χ0v) is 12.0. The normalized spacial score (nSPS) is 18.3. The maximum absolute atomic E-state index is 6.26. The van der Waals surface area contributed by atoms with Crippen molar-refractivity contribution in [2.45, 2.75) is 6.04 Å². The minimum absolute atomic E-state index is 0.161. The molecule has 1 atom stereocenters. The largest absolute Gasteiger partial charge is 0.379 e. The predicted molar refractivity (Wildman–Crippen MR) is 80.9 cm³/mol. The summed E-state index contributed by atoms with van der Waals surface area (Å²) < 4.78 is 5.42. The second kappa shape index (κ2) is 6.06. The second-order valence-corrected chi connectivity index (χ2v) is 5.34. The number of rotatable bonds is 3. The molecule has 20 heavy (non-hydrogen) atoms. The van der Waals surface area contributed by atoms with Gasteiger partial charge in [0, 0.05) is 42.3 Å². The van der Waals surface area contributed by atoms with Gasteiger partial charge in [-0.25, -0.2) is 0 Å². The van der Waals surface area contributed by atoms with E-state index in [9.17, 15) is 0 Å². The van der Waals surface area contributed by atoms with Crippen LogP contribution < -0.4 is 5.73 Å². The number of morpholine rings is 1. The molecule has 1 aromatic carbocycles. The average Bonchev–Trinajstić information content (AvgIpc) is 2.52. The Bertz CT molecular complexity index is 599. The Hall–Kier alpha value is -1.20. The Labute approximate surface area is 123 Å². The SMILES string of the molecule is NCC(c1ccc(Cl)c2cccnc12)N1CCOCC1. The third kappa shape index (κ3) is 2.52. The van der Waals surface area contributed by atoms with Crippen LogP contribution in [-0.4, -0.2) is 42.7 Å². The van der Waals surface area contributed by atoms with Gasteiger partial charge in [0.1, 0.15) is 0 Å². The standard InChI is InChI=1S/C15H18ClN3O/c16-13-4-3-12(15-11(13)2-1-5-18-15)14(10-17)19-6-8-20-9-7-19/h1-5,14H,6-10,17H2. The van der Waals surface area contributed by atoms with E-state index in [1.807, 2.05) is 24.3 Å². The Kier molecular flexibility index (Phi) is 4.17. The molecule has 1 aromatic heterocycles. The molecule has 1 unspecified atom stereocenters. The van der Waals surface area contributed by atoms with Gasteiger partial charge >= 0.3 is 0 Å². The van der Waals surface area contributed by atoms with Crippen molar-refractivity contribution in [3.63, 3.8) is 0 Å². The summed E-state index contributed by atoms with van der Waals surface area (Å²) in [5.74, 6) is 0. The number of hydrogen-bond acceptors (Lipinski definition) is 4. The summed E-state index contributed by atoms with van der Waals surface area (Å²) >= 11 is 6.26. The minimum Gasteiger partial charge on any atom is -0.379 e. The van der Waals surface area contributed by atoms with Gasteiger partial charge in [0.2, 0.25) is 0 Å². The lowest BCUT2D eigenvalue weighted by Crippen LogP contribution is -2.41. The van der Waals surface area contributed by atoms with E-state index < -0.39 is 0 Å². The molecule has 4 nitrogen and oxygen atoms in total. The first-order chi connectivity index (χ1) is 9.81. The fourth-order valence-corrected chi connectivity index (χ4v) is 3.01. The number of pyridine rings is 1. The molecule has 0 saturated carbocycles. The lowest BCUT2D eigenvalue weighted by molar-refractivity contribution is 0.0181. The van der Waals surface area contributed by atoms with Crippen LogP contribution in [0.3, 0.4) is 0 Å². The molecule has 0 radical (unpaired) electrons. The van der Waals surface area contributed by atoms with Crippen molar-refractivity contribution in [3.8, 4) is 0 Å². The zero-order chi connectivity index (χ0) is 13.9. The Balaban J connectivity index is 2.05. The van der Waals surface area contributed by atoms with Crippen molar-refractivity contribution in [3.05, 3.63) is 41.0 Å². The molecule has 0 aliphatic carbocycles. The molecular weight excluding hydrogens is 274 g/mol. The van der Waals surface area contributed by atoms with E-state index in [1.54, 1.807) is 6.20 Å². The van der Waals surface area contributed by atoms with Crippen molar-refractivity contribution >= 4 is 22.5 Å². The fraction of sp³-hybridized carbons (Fsp3) is 0.400. The summed E-state index contributed by atoms with van der Waals surface area (Å²) in [7, 11) is 0. The molecule has 106 valence electrons. The maximum atomic E-state index is 6.26. The quantitative estimate of drug-likeness (QED) is 0.942. The van der Waals surface area contributed by atoms with Crippen molar-refractivity contribution in [2.75, 3.05) is 32.8 Å². The average molecular weight is 292 g/mol. The number of aromatic nitrogens is 1. The van der Waals surface area contributed by atoms with Crippen LogP contribution in [-0.2, 0) is 4.74 Å². The first kappa shape index (κ1) is 13.8. The van der Waals surface area contributed by atoms with Gasteiger partial charge in [-0.15, -0.1) is 0 Å². The van der Waals surface area contributed by atoms with Gasteiger partial charge < -0.3 is 10.5 Å². The van der Waals surface area contributed by atoms with Crippen LogP contribution in [0.1, 0.15) is 11.6 Å². The molecule has 1 aliphatic heterocycles. The van der Waals surface area contributed by atoms with E-state index in [2.05, 4.69) is 9.88 Å². The summed E-state index contributed by atoms with van der Waals surface area (Å²) in [4.78, 5) is 6.87. The lowest BCUT2D eigenvalue weighted by Gasteiger charge is -2.34. The Morgan fingerprint density at radius 2 is 2.10 bits per heavy atom. The van der Waals surface area contributed by atoms with Crippen molar-refractivity contribution < 1.29 is 4.74 Å². The highest BCUT2D eigenvalue weighted by Crippen LogP contribution is 2.31. The second-order valence-electron chi connectivity index (χ2n) is 4.94. The molecule has 1 aliphatic rings. The summed E-state index contributed by atoms with van der Waals surface area (Å²) in [5, 5.41) is 1.72. The first-order valence-electron chi connectivity index (χ1n) is 6.86. The van der Waals surface area contributed by atoms with E-state index in [1.165, 1.54) is 0 Å². The molecule has 1 saturated heterocycles. The summed E-state index contributed by atoms with van der Waals surface area (Å²) in [6, 6.07) is 8.05. The molecule has 2 N–H and O–H groups in total. The van der Waals surface area contributed by atoms with Crippen LogP contribution in [0, 0.1) is 0 Å². The van der Waals surface area contributed by atoms with Crippen molar-refractivity contribution in [1.29, 1.82) is 0 Å². The highest BCUT2D eigenvalue weighted by atomic mass is 35.5. The van der Waals surface area contributed by atoms with Gasteiger partial charge in [-0.3, -0.25) is 9.88 Å². The van der Waals surface area contributed by atoms with E-state index in [-0.39, 0.29) is 6.04 Å². The first-order valence-corrected chi connectivity index (χ1v) is 7.24. The smallest absolute Gasteiger partial charge is 0.0765 e. The number of hydrogen-bond donors (Lipinski definition) is 1. The molecule has 2 aromatic rings. The number of nitrogens with two attached hydrogens (primary N) is 1. The molecule has 1 fully saturated rings. The van der Waals surface area contributed by atoms with E-state index in [0.717, 1.165) is 47.8 Å². The number of ether oxygens (including phenoxy) is 1. The number of fused-ring (bicyclic) bond motifs is 1. The predicted octanol–water partition coefficient (Wildman–Crippen LogP) is 2.22. The van der Waals surface area contributed by atoms with Gasteiger partial charge in [-0.2, -0.15) is 0 Å². The fourth-order valence-electron chi connectivity index (χ4n) is 2.79. The van der Waals surface area contributed by atoms with Crippen LogP contribution in [0.4, 0.5) is 0 Å². The molecule has 0 spiro atoms. The van der Waals surface area contributed by atoms with Crippen LogP contribution in [0.5, 0.6) is 0 Å². The van der Waals surface area contributed by atoms with Crippen molar-refractivity contribution in [1.82, 2.24) is 9.88 Å². The van der Waals surface area contributed by atoms with E-state index in [4.69, 9.17) is 22.1 Å². The van der Waals surface area contributed by atoms with Gasteiger partial charge in [0.25, 0.3) is 0 Å². The van der Waals surface area contributed by atoms with Crippen LogP contribution in [0.2, 0.25) is 5.02 Å². The van der Waals surface area contributed by atoms with E-state index >= 15 is 0 Å². The minimum atomic E-state index is 0.161. The molecule has 0 amide bonds. The van der Waals surface area contributed by atoms with E-state index in [0.29, 0.717) is 6.54 Å². The van der Waals surface area contributed by atoms with Crippen LogP contribution >= 0.6 is 11.6 Å². The third-order valence-electron chi connectivity index (χ3n) is 3.82. The van der Waals surface area contributed by atoms with Gasteiger partial charge in [-0.1, -0.05) is 17.7 Å². The Morgan fingerprint density at radius 3 is 2.85 bits per heavy atom. The molecule has 5 heteroatoms. The zero-order valence-electron chi connectivity index (χ0n) is 11.3. The van der Waals surface area contributed by atoms with Crippen LogP contribution in [0.15, 0.2) is 30.5 Å². The number of halogens is 1. The van der Waals surface area contributed by atoms with Gasteiger partial charge in [-0.05, 0) is 23.8 Å². The molecule has 3 rings (SSSR count). The molecule has 0 bridgehead atoms. The topological polar surface area (TPSA) is 51.4 Å². The highest BCUT2D eigenvalue weighted by molar-refractivity contribution is 6.35. The lowest BCUT2D eigenvalue weighted by atomic mass is 10.0. The summed E-state index contributed by atoms with van der Waals surface area (Å²) in [6.07, 6.45) is 1.80. The maximum Gasteiger partial charge on any atom is 0.0765 e. The van der Waals surface area contributed by atoms with Gasteiger partial charge in [0.15, 0.2) is 0 Å². The van der Waals surface area contributed by atoms with Crippen LogP contribution in [0.25, 0.3) is 10.9 Å². The molecule has 2 heterocycles. The third-order valence-corrected chi connectivity index (χ3v) is 4.15. The summed E-state index contributed by atoms with van der Waals surface area (Å²) in [5.41, 5.74) is 8.12. The molecular formula is C15H18ClN3O. The number of nitrogens with zero attached hydrogens (tertiary/aromatic N) is 2. The summed E-state index contributed by atoms with van der Waals surface area (Å²) in [6.45, 7) is 3.88. The Morgan fingerprint density at radius 1 is 1.30 bits per heavy atom. The number of benzene rings is 1. The van der Waals surface area contributed by atoms with Crippen molar-refractivity contribution in [2.24, 2.45) is 5.73 Å². The highest BCUT2D eigenvalue weighted by Gasteiger charge is 2.23.